The van der Waals surface area contributed by atoms with Crippen LogP contribution in [0.2, 0.25) is 0 Å². The Hall–Kier alpha value is -5.86. The highest BCUT2D eigenvalue weighted by atomic mass is 14.7. The van der Waals surface area contributed by atoms with Crippen LogP contribution in [0.25, 0.3) is 77.7 Å². The van der Waals surface area contributed by atoms with Crippen molar-refractivity contribution in [3.63, 3.8) is 0 Å². The molecule has 6 aromatic carbocycles. The highest BCUT2D eigenvalue weighted by Gasteiger charge is 2.19. The van der Waals surface area contributed by atoms with Crippen LogP contribution < -0.4 is 0 Å². The van der Waals surface area contributed by atoms with Crippen LogP contribution in [0.1, 0.15) is 318 Å². The van der Waals surface area contributed by atoms with Crippen molar-refractivity contribution in [1.82, 2.24) is 9.97 Å². The van der Waals surface area contributed by atoms with Gasteiger partial charge in [0.2, 0.25) is 0 Å². The third kappa shape index (κ3) is 25.0. The highest BCUT2D eigenvalue weighted by molar-refractivity contribution is 6.03. The van der Waals surface area contributed by atoms with Crippen LogP contribution in [0.4, 0.5) is 0 Å². The van der Waals surface area contributed by atoms with Crippen LogP contribution in [0.3, 0.4) is 0 Å². The maximum Gasteiger partial charge on any atom is 0.0745 e. The molecule has 8 aromatic rings. The van der Waals surface area contributed by atoms with Crippen LogP contribution in [0, 0.1) is 13.8 Å². The van der Waals surface area contributed by atoms with Gasteiger partial charge in [0.1, 0.15) is 0 Å². The molecular weight excluding hydrogens is 1130 g/mol. The van der Waals surface area contributed by atoms with E-state index in [1.54, 1.807) is 0 Å². The van der Waals surface area contributed by atoms with E-state index in [4.69, 9.17) is 9.97 Å². The average molecular weight is 1260 g/mol. The van der Waals surface area contributed by atoms with E-state index in [0.717, 1.165) is 48.1 Å². The standard InChI is InChI=1S/C92H128N2/c1-7-11-15-19-23-27-31-35-39-45-53-75-63-76(54-46-40-36-32-28-24-20-16-12-8-2)66-83(65-75)89-71-85(79-57-49-43-50-58-79)87-69-81(61-73(5)91(87)93-89)82-62-74(6)92-88(70-82)86(80-59-51-44-52-60-80)72-90(94-92)84-67-77(55-47-41-37-33-29-25-21-17-13-9-3)64-78(68-84)56-48-42-38-34-30-26-22-18-14-10-4/h43-44,49-52,57-72H,7-42,45-48,53-56H2,1-6H3. The fourth-order valence-corrected chi connectivity index (χ4v) is 15.0. The van der Waals surface area contributed by atoms with Crippen molar-refractivity contribution in [3.05, 3.63) is 167 Å². The molecule has 0 radical (unpaired) electrons. The SMILES string of the molecule is CCCCCCCCCCCCc1cc(CCCCCCCCCCCC)cc(-c2cc(-c3ccccc3)c3cc(-c4cc(C)c5nc(-c6cc(CCCCCCCCCCCC)cc(CCCCCCCCCCCC)c6)cc(-c6ccccc6)c5c4)cc(C)c3n2)c1. The largest absolute Gasteiger partial charge is 0.247 e. The molecular formula is C92H128N2. The van der Waals surface area contributed by atoms with Crippen molar-refractivity contribution in [2.24, 2.45) is 0 Å². The van der Waals surface area contributed by atoms with Gasteiger partial charge in [-0.05, 0) is 193 Å². The number of aryl methyl sites for hydroxylation is 6. The summed E-state index contributed by atoms with van der Waals surface area (Å²) in [4.78, 5) is 11.4. The summed E-state index contributed by atoms with van der Waals surface area (Å²) < 4.78 is 0. The monoisotopic (exact) mass is 1260 g/mol. The molecule has 0 aliphatic rings. The van der Waals surface area contributed by atoms with Gasteiger partial charge in [0.05, 0.1) is 22.4 Å². The minimum absolute atomic E-state index is 1.09. The van der Waals surface area contributed by atoms with Crippen molar-refractivity contribution in [2.45, 2.75) is 324 Å². The van der Waals surface area contributed by atoms with Crippen molar-refractivity contribution in [3.8, 4) is 55.9 Å². The molecule has 0 spiro atoms. The topological polar surface area (TPSA) is 25.8 Å². The molecule has 0 fully saturated rings. The molecule has 94 heavy (non-hydrogen) atoms. The second-order valence-corrected chi connectivity index (χ2v) is 29.0. The predicted octanol–water partition coefficient (Wildman–Crippen LogP) is 29.6. The summed E-state index contributed by atoms with van der Waals surface area (Å²) in [5.41, 5.74) is 22.6. The minimum Gasteiger partial charge on any atom is -0.247 e. The molecule has 0 aliphatic carbocycles. The zero-order valence-electron chi connectivity index (χ0n) is 60.7. The van der Waals surface area contributed by atoms with Crippen LogP contribution in [0.15, 0.2) is 133 Å². The van der Waals surface area contributed by atoms with E-state index in [1.807, 2.05) is 0 Å². The van der Waals surface area contributed by atoms with Crippen molar-refractivity contribution < 1.29 is 0 Å². The molecule has 0 saturated heterocycles. The Morgan fingerprint density at radius 2 is 0.468 bits per heavy atom. The smallest absolute Gasteiger partial charge is 0.0745 e. The Labute approximate surface area is 575 Å². The van der Waals surface area contributed by atoms with Crippen LogP contribution >= 0.6 is 0 Å². The van der Waals surface area contributed by atoms with E-state index in [-0.39, 0.29) is 0 Å². The van der Waals surface area contributed by atoms with Gasteiger partial charge in [0, 0.05) is 21.9 Å². The third-order valence-corrected chi connectivity index (χ3v) is 20.7. The summed E-state index contributed by atoms with van der Waals surface area (Å²) in [7, 11) is 0. The molecule has 8 rings (SSSR count). The quantitative estimate of drug-likeness (QED) is 0.0355. The lowest BCUT2D eigenvalue weighted by Gasteiger charge is -2.17. The molecule has 506 valence electrons. The maximum atomic E-state index is 5.71. The number of unbranched alkanes of at least 4 members (excludes halogenated alkanes) is 36. The van der Waals surface area contributed by atoms with Crippen molar-refractivity contribution >= 4 is 21.8 Å². The van der Waals surface area contributed by atoms with Gasteiger partial charge in [-0.3, -0.25) is 0 Å². The summed E-state index contributed by atoms with van der Waals surface area (Å²) in [5.74, 6) is 0. The Kier molecular flexibility index (Phi) is 34.1. The molecule has 0 saturated carbocycles. The van der Waals surface area contributed by atoms with Crippen LogP contribution in [0.5, 0.6) is 0 Å². The number of benzene rings is 6. The van der Waals surface area contributed by atoms with Gasteiger partial charge in [-0.1, -0.05) is 332 Å². The van der Waals surface area contributed by atoms with Crippen molar-refractivity contribution in [2.75, 3.05) is 0 Å². The maximum absolute atomic E-state index is 5.71. The summed E-state index contributed by atoms with van der Waals surface area (Å²) >= 11 is 0. The van der Waals surface area contributed by atoms with E-state index in [0.29, 0.717) is 0 Å². The zero-order valence-corrected chi connectivity index (χ0v) is 60.7. The molecule has 0 atom stereocenters. The first kappa shape index (κ1) is 73.9. The third-order valence-electron chi connectivity index (χ3n) is 20.7. The number of hydrogen-bond donors (Lipinski definition) is 0. The van der Waals surface area contributed by atoms with Crippen LogP contribution in [-0.4, -0.2) is 9.97 Å². The molecule has 0 aliphatic heterocycles. The Morgan fingerprint density at radius 1 is 0.223 bits per heavy atom. The van der Waals surface area contributed by atoms with E-state index < -0.39 is 0 Å². The van der Waals surface area contributed by atoms with Gasteiger partial charge < -0.3 is 0 Å². The Morgan fingerprint density at radius 3 is 0.723 bits per heavy atom. The van der Waals surface area contributed by atoms with Crippen LogP contribution in [-0.2, 0) is 25.7 Å². The van der Waals surface area contributed by atoms with Crippen molar-refractivity contribution in [1.29, 1.82) is 0 Å². The van der Waals surface area contributed by atoms with Gasteiger partial charge in [0.25, 0.3) is 0 Å². The fraction of sp³-hybridized carbons (Fsp3) is 0.543. The van der Waals surface area contributed by atoms with Gasteiger partial charge in [-0.2, -0.15) is 0 Å². The summed E-state index contributed by atoms with van der Waals surface area (Å²) in [6, 6.07) is 51.9. The first-order chi connectivity index (χ1) is 46.3. The lowest BCUT2D eigenvalue weighted by atomic mass is 9.90. The second-order valence-electron chi connectivity index (χ2n) is 29.0. The number of fused-ring (bicyclic) bond motifs is 2. The number of hydrogen-bond acceptors (Lipinski definition) is 2. The zero-order chi connectivity index (χ0) is 65.6. The Bertz CT molecular complexity index is 3070. The molecule has 0 bridgehead atoms. The number of nitrogens with zero attached hydrogens (tertiary/aromatic N) is 2. The van der Waals surface area contributed by atoms with E-state index in [2.05, 4.69) is 175 Å². The Balaban J connectivity index is 1.09. The molecule has 0 amide bonds. The minimum atomic E-state index is 1.09. The molecule has 2 heteroatoms. The summed E-state index contributed by atoms with van der Waals surface area (Å²) in [5, 5.41) is 2.41. The molecule has 0 unspecified atom stereocenters. The fourth-order valence-electron chi connectivity index (χ4n) is 15.0. The van der Waals surface area contributed by atoms with Gasteiger partial charge >= 0.3 is 0 Å². The van der Waals surface area contributed by atoms with Gasteiger partial charge in [-0.25, -0.2) is 9.97 Å². The average Bonchev–Trinajstić information content (AvgIpc) is 0.758. The summed E-state index contributed by atoms with van der Waals surface area (Å²) in [6.07, 6.45) is 59.1. The van der Waals surface area contributed by atoms with Gasteiger partial charge in [0.15, 0.2) is 0 Å². The number of aromatic nitrogens is 2. The molecule has 0 N–H and O–H groups in total. The molecule has 2 heterocycles. The van der Waals surface area contributed by atoms with E-state index in [9.17, 15) is 0 Å². The first-order valence-electron chi connectivity index (χ1n) is 39.6. The highest BCUT2D eigenvalue weighted by Crippen LogP contribution is 2.41. The number of pyridine rings is 2. The lowest BCUT2D eigenvalue weighted by molar-refractivity contribution is 0.555. The normalized spacial score (nSPS) is 11.7. The van der Waals surface area contributed by atoms with E-state index in [1.165, 1.54) is 345 Å². The first-order valence-corrected chi connectivity index (χ1v) is 39.6. The molecule has 2 aromatic heterocycles. The lowest BCUT2D eigenvalue weighted by Crippen LogP contribution is -1.98. The molecule has 2 nitrogen and oxygen atoms in total. The second kappa shape index (κ2) is 43.3. The summed E-state index contributed by atoms with van der Waals surface area (Å²) in [6.45, 7) is 13.9. The number of rotatable bonds is 49. The predicted molar refractivity (Wildman–Crippen MR) is 416 cm³/mol. The van der Waals surface area contributed by atoms with Gasteiger partial charge in [-0.15, -0.1) is 0 Å². The van der Waals surface area contributed by atoms with E-state index >= 15 is 0 Å².